The molecule has 4 rings (SSSR count). The molecule has 3 amide bonds. The molecule has 1 aromatic carbocycles. The molecule has 126 valence electrons. The Morgan fingerprint density at radius 2 is 1.75 bits per heavy atom. The summed E-state index contributed by atoms with van der Waals surface area (Å²) in [4.78, 5) is 37.8. The number of carbonyl (C=O) groups excluding carboxylic acids is 3. The number of amides is 3. The predicted molar refractivity (Wildman–Crippen MR) is 83.0 cm³/mol. The van der Waals surface area contributed by atoms with E-state index < -0.39 is 6.09 Å². The van der Waals surface area contributed by atoms with E-state index in [2.05, 4.69) is 5.32 Å². The van der Waals surface area contributed by atoms with Gasteiger partial charge >= 0.3 is 6.09 Å². The van der Waals surface area contributed by atoms with E-state index in [-0.39, 0.29) is 49.0 Å². The van der Waals surface area contributed by atoms with Gasteiger partial charge in [-0.05, 0) is 25.0 Å². The number of rotatable bonds is 4. The van der Waals surface area contributed by atoms with Gasteiger partial charge in [-0.1, -0.05) is 18.2 Å². The van der Waals surface area contributed by atoms with Gasteiger partial charge in [-0.25, -0.2) is 4.79 Å². The average molecular weight is 330 g/mol. The number of ether oxygens (including phenoxy) is 2. The zero-order valence-electron chi connectivity index (χ0n) is 13.0. The van der Waals surface area contributed by atoms with Crippen molar-refractivity contribution in [2.24, 2.45) is 11.8 Å². The molecule has 0 spiro atoms. The predicted octanol–water partition coefficient (Wildman–Crippen LogP) is 1.40. The lowest BCUT2D eigenvalue weighted by Gasteiger charge is -2.17. The number of likely N-dealkylation sites (tertiary alicyclic amines) is 1. The molecule has 24 heavy (non-hydrogen) atoms. The third-order valence-corrected chi connectivity index (χ3v) is 4.94. The molecular formula is C17H18N2O5. The molecule has 3 fully saturated rings. The summed E-state index contributed by atoms with van der Waals surface area (Å²) >= 11 is 0. The van der Waals surface area contributed by atoms with E-state index >= 15 is 0 Å². The summed E-state index contributed by atoms with van der Waals surface area (Å²) in [6, 6.07) is 8.92. The van der Waals surface area contributed by atoms with Gasteiger partial charge < -0.3 is 9.47 Å². The zero-order valence-corrected chi connectivity index (χ0v) is 13.0. The van der Waals surface area contributed by atoms with Crippen LogP contribution in [0.3, 0.4) is 0 Å². The molecule has 1 aromatic rings. The Labute approximate surface area is 138 Å². The van der Waals surface area contributed by atoms with Crippen molar-refractivity contribution in [3.63, 3.8) is 0 Å². The van der Waals surface area contributed by atoms with Crippen LogP contribution in [-0.4, -0.2) is 48.2 Å². The van der Waals surface area contributed by atoms with E-state index in [9.17, 15) is 14.4 Å². The first-order valence-electron chi connectivity index (χ1n) is 8.14. The topological polar surface area (TPSA) is 84.9 Å². The first kappa shape index (κ1) is 15.1. The van der Waals surface area contributed by atoms with Crippen LogP contribution in [0.25, 0.3) is 0 Å². The second-order valence-electron chi connectivity index (χ2n) is 6.30. The standard InChI is InChI=1S/C17H18N2O5/c20-15-13-11-6-7-12(24-11)14(13)16(21)19(15)8-9-23-17(22)18-10-4-2-1-3-5-10/h1-5,11-14H,6-9H2,(H,18,22). The van der Waals surface area contributed by atoms with Crippen LogP contribution < -0.4 is 5.32 Å². The third kappa shape index (κ3) is 2.45. The minimum Gasteiger partial charge on any atom is -0.447 e. The summed E-state index contributed by atoms with van der Waals surface area (Å²) in [7, 11) is 0. The van der Waals surface area contributed by atoms with Crippen LogP contribution in [0, 0.1) is 11.8 Å². The molecule has 0 saturated carbocycles. The molecule has 4 atom stereocenters. The second-order valence-corrected chi connectivity index (χ2v) is 6.30. The Hall–Kier alpha value is -2.41. The molecular weight excluding hydrogens is 312 g/mol. The third-order valence-electron chi connectivity index (χ3n) is 4.94. The highest BCUT2D eigenvalue weighted by atomic mass is 16.5. The van der Waals surface area contributed by atoms with Crippen LogP contribution in [0.4, 0.5) is 10.5 Å². The number of imide groups is 1. The Morgan fingerprint density at radius 1 is 1.12 bits per heavy atom. The van der Waals surface area contributed by atoms with Crippen molar-refractivity contribution in [1.82, 2.24) is 4.90 Å². The zero-order chi connectivity index (χ0) is 16.7. The fourth-order valence-corrected chi connectivity index (χ4v) is 3.90. The fourth-order valence-electron chi connectivity index (χ4n) is 3.90. The lowest BCUT2D eigenvalue weighted by atomic mass is 9.81. The Morgan fingerprint density at radius 3 is 2.38 bits per heavy atom. The summed E-state index contributed by atoms with van der Waals surface area (Å²) in [5.74, 6) is -1.06. The molecule has 3 saturated heterocycles. The normalized spacial score (nSPS) is 30.6. The van der Waals surface area contributed by atoms with Gasteiger partial charge in [0.2, 0.25) is 11.8 Å². The van der Waals surface area contributed by atoms with Crippen molar-refractivity contribution in [1.29, 1.82) is 0 Å². The molecule has 3 aliphatic rings. The van der Waals surface area contributed by atoms with E-state index in [1.165, 1.54) is 4.90 Å². The van der Waals surface area contributed by atoms with Crippen LogP contribution in [0.1, 0.15) is 12.8 Å². The maximum Gasteiger partial charge on any atom is 0.411 e. The van der Waals surface area contributed by atoms with Crippen LogP contribution in [0.2, 0.25) is 0 Å². The van der Waals surface area contributed by atoms with Crippen molar-refractivity contribution in [3.05, 3.63) is 30.3 Å². The van der Waals surface area contributed by atoms with Crippen molar-refractivity contribution < 1.29 is 23.9 Å². The number of anilines is 1. The smallest absolute Gasteiger partial charge is 0.411 e. The molecule has 7 heteroatoms. The summed E-state index contributed by atoms with van der Waals surface area (Å²) in [6.07, 6.45) is 0.833. The maximum absolute atomic E-state index is 12.4. The van der Waals surface area contributed by atoms with E-state index in [1.807, 2.05) is 6.07 Å². The van der Waals surface area contributed by atoms with Gasteiger partial charge in [0.05, 0.1) is 30.6 Å². The number of carbonyl (C=O) groups is 3. The van der Waals surface area contributed by atoms with Crippen molar-refractivity contribution in [2.75, 3.05) is 18.5 Å². The van der Waals surface area contributed by atoms with E-state index in [1.54, 1.807) is 24.3 Å². The number of para-hydroxylation sites is 1. The molecule has 4 unspecified atom stereocenters. The van der Waals surface area contributed by atoms with Crippen LogP contribution in [-0.2, 0) is 19.1 Å². The first-order chi connectivity index (χ1) is 11.6. The number of hydrogen-bond donors (Lipinski definition) is 1. The molecule has 0 radical (unpaired) electrons. The summed E-state index contributed by atoms with van der Waals surface area (Å²) in [6.45, 7) is 0.0676. The first-order valence-corrected chi connectivity index (χ1v) is 8.14. The summed E-state index contributed by atoms with van der Waals surface area (Å²) in [5.41, 5.74) is 0.624. The van der Waals surface area contributed by atoms with Gasteiger partial charge in [0, 0.05) is 5.69 Å². The molecule has 3 aliphatic heterocycles. The largest absolute Gasteiger partial charge is 0.447 e. The van der Waals surface area contributed by atoms with Crippen molar-refractivity contribution in [3.8, 4) is 0 Å². The number of fused-ring (bicyclic) bond motifs is 5. The summed E-state index contributed by atoms with van der Waals surface area (Å²) < 4.78 is 10.7. The van der Waals surface area contributed by atoms with Gasteiger partial charge in [-0.15, -0.1) is 0 Å². The molecule has 7 nitrogen and oxygen atoms in total. The molecule has 1 N–H and O–H groups in total. The number of nitrogens with one attached hydrogen (secondary N) is 1. The lowest BCUT2D eigenvalue weighted by Crippen LogP contribution is -2.37. The molecule has 2 bridgehead atoms. The van der Waals surface area contributed by atoms with Crippen LogP contribution >= 0.6 is 0 Å². The minimum atomic E-state index is -0.608. The Balaban J connectivity index is 1.30. The van der Waals surface area contributed by atoms with Gasteiger partial charge in [-0.2, -0.15) is 0 Å². The van der Waals surface area contributed by atoms with E-state index in [0.717, 1.165) is 12.8 Å². The van der Waals surface area contributed by atoms with Crippen LogP contribution in [0.5, 0.6) is 0 Å². The number of benzene rings is 1. The maximum atomic E-state index is 12.4. The minimum absolute atomic E-state index is 0.0220. The van der Waals surface area contributed by atoms with Gasteiger partial charge in [0.25, 0.3) is 0 Å². The molecule has 0 aliphatic carbocycles. The highest BCUT2D eigenvalue weighted by Crippen LogP contribution is 2.48. The van der Waals surface area contributed by atoms with E-state index in [4.69, 9.17) is 9.47 Å². The summed E-state index contributed by atoms with van der Waals surface area (Å²) in [5, 5.41) is 2.58. The van der Waals surface area contributed by atoms with Gasteiger partial charge in [-0.3, -0.25) is 19.8 Å². The van der Waals surface area contributed by atoms with E-state index in [0.29, 0.717) is 5.69 Å². The Bertz CT molecular complexity index is 649. The molecule has 3 heterocycles. The quantitative estimate of drug-likeness (QED) is 0.844. The highest BCUT2D eigenvalue weighted by Gasteiger charge is 2.62. The fraction of sp³-hybridized carbons (Fsp3) is 0.471. The number of nitrogens with zero attached hydrogens (tertiary/aromatic N) is 1. The van der Waals surface area contributed by atoms with Crippen molar-refractivity contribution in [2.45, 2.75) is 25.0 Å². The second kappa shape index (κ2) is 5.90. The monoisotopic (exact) mass is 330 g/mol. The Kier molecular flexibility index (Phi) is 3.72. The lowest BCUT2D eigenvalue weighted by molar-refractivity contribution is -0.143. The van der Waals surface area contributed by atoms with Gasteiger partial charge in [0.15, 0.2) is 0 Å². The van der Waals surface area contributed by atoms with Gasteiger partial charge in [0.1, 0.15) is 6.61 Å². The SMILES string of the molecule is O=C(Nc1ccccc1)OCCN1C(=O)C2C3CCC(O3)C2C1=O. The average Bonchev–Trinajstić information content (AvgIpc) is 3.25. The van der Waals surface area contributed by atoms with Crippen molar-refractivity contribution >= 4 is 23.6 Å². The molecule has 0 aromatic heterocycles. The van der Waals surface area contributed by atoms with Crippen LogP contribution in [0.15, 0.2) is 30.3 Å². The highest BCUT2D eigenvalue weighted by molar-refractivity contribution is 6.06. The number of hydrogen-bond acceptors (Lipinski definition) is 5.